The third-order valence-corrected chi connectivity index (χ3v) is 3.72. The van der Waals surface area contributed by atoms with Gasteiger partial charge in [-0.1, -0.05) is 13.8 Å². The molecule has 0 aromatic carbocycles. The zero-order valence-corrected chi connectivity index (χ0v) is 12.7. The Morgan fingerprint density at radius 3 is 2.65 bits per heavy atom. The lowest BCUT2D eigenvalue weighted by molar-refractivity contribution is 0.166. The van der Waals surface area contributed by atoms with E-state index in [9.17, 15) is 0 Å². The molecule has 4 nitrogen and oxygen atoms in total. The van der Waals surface area contributed by atoms with Crippen LogP contribution in [0.3, 0.4) is 0 Å². The standard InChI is InChI=1S/C12H22BrN3O/c1-5-10-12(13)11(16(3)15-10)7-9(8-17-4)14-6-2/h9,14H,5-8H2,1-4H3. The summed E-state index contributed by atoms with van der Waals surface area (Å²) in [7, 11) is 3.73. The van der Waals surface area contributed by atoms with Gasteiger partial charge in [0.15, 0.2) is 0 Å². The van der Waals surface area contributed by atoms with Crippen LogP contribution in [0.5, 0.6) is 0 Å². The van der Waals surface area contributed by atoms with Gasteiger partial charge in [-0.3, -0.25) is 4.68 Å². The molecule has 1 aromatic rings. The number of rotatable bonds is 7. The van der Waals surface area contributed by atoms with Crippen molar-refractivity contribution in [2.75, 3.05) is 20.3 Å². The molecular weight excluding hydrogens is 282 g/mol. The summed E-state index contributed by atoms with van der Waals surface area (Å²) in [6, 6.07) is 0.335. The van der Waals surface area contributed by atoms with Gasteiger partial charge in [0.2, 0.25) is 0 Å². The molecule has 0 aliphatic carbocycles. The summed E-state index contributed by atoms with van der Waals surface area (Å²) in [5.41, 5.74) is 2.35. The molecule has 98 valence electrons. The van der Waals surface area contributed by atoms with Crippen LogP contribution in [0.25, 0.3) is 0 Å². The van der Waals surface area contributed by atoms with Crippen LogP contribution >= 0.6 is 15.9 Å². The van der Waals surface area contributed by atoms with Crippen molar-refractivity contribution in [1.82, 2.24) is 15.1 Å². The fourth-order valence-corrected chi connectivity index (χ4v) is 2.73. The van der Waals surface area contributed by atoms with Crippen LogP contribution in [0.2, 0.25) is 0 Å². The van der Waals surface area contributed by atoms with Crippen molar-refractivity contribution in [3.05, 3.63) is 15.9 Å². The summed E-state index contributed by atoms with van der Waals surface area (Å²) in [6.07, 6.45) is 1.87. The highest BCUT2D eigenvalue weighted by Crippen LogP contribution is 2.22. The van der Waals surface area contributed by atoms with Gasteiger partial charge in [-0.05, 0) is 28.9 Å². The number of nitrogens with zero attached hydrogens (tertiary/aromatic N) is 2. The lowest BCUT2D eigenvalue weighted by atomic mass is 10.1. The van der Waals surface area contributed by atoms with Crippen molar-refractivity contribution in [3.8, 4) is 0 Å². The molecule has 1 rings (SSSR count). The second-order valence-corrected chi connectivity index (χ2v) is 4.89. The first-order valence-corrected chi connectivity index (χ1v) is 6.85. The maximum absolute atomic E-state index is 5.23. The molecule has 1 atom stereocenters. The van der Waals surface area contributed by atoms with Gasteiger partial charge in [0.25, 0.3) is 0 Å². The Hall–Kier alpha value is -0.390. The molecule has 0 spiro atoms. The Labute approximate surface area is 112 Å². The summed E-state index contributed by atoms with van der Waals surface area (Å²) < 4.78 is 8.34. The number of hydrogen-bond acceptors (Lipinski definition) is 3. The molecular formula is C12H22BrN3O. The van der Waals surface area contributed by atoms with Crippen molar-refractivity contribution in [2.45, 2.75) is 32.7 Å². The zero-order valence-electron chi connectivity index (χ0n) is 11.1. The summed E-state index contributed by atoms with van der Waals surface area (Å²) in [4.78, 5) is 0. The number of ether oxygens (including phenoxy) is 1. The minimum absolute atomic E-state index is 0.335. The van der Waals surface area contributed by atoms with Gasteiger partial charge in [0.1, 0.15) is 0 Å². The first kappa shape index (κ1) is 14.7. The molecule has 0 aliphatic heterocycles. The quantitative estimate of drug-likeness (QED) is 0.836. The highest BCUT2D eigenvalue weighted by atomic mass is 79.9. The monoisotopic (exact) mass is 303 g/mol. The molecule has 0 saturated carbocycles. The van der Waals surface area contributed by atoms with Gasteiger partial charge in [0.05, 0.1) is 22.5 Å². The van der Waals surface area contributed by atoms with E-state index >= 15 is 0 Å². The van der Waals surface area contributed by atoms with Crippen molar-refractivity contribution in [3.63, 3.8) is 0 Å². The van der Waals surface area contributed by atoms with E-state index in [1.165, 1.54) is 5.69 Å². The van der Waals surface area contributed by atoms with E-state index in [1.807, 2.05) is 11.7 Å². The number of aryl methyl sites for hydroxylation is 2. The molecule has 0 saturated heterocycles. The van der Waals surface area contributed by atoms with E-state index in [2.05, 4.69) is 40.2 Å². The van der Waals surface area contributed by atoms with Crippen LogP contribution in [-0.2, 0) is 24.6 Å². The Kier molecular flexibility index (Phi) is 6.16. The average Bonchev–Trinajstić information content (AvgIpc) is 2.57. The van der Waals surface area contributed by atoms with Crippen LogP contribution in [0.1, 0.15) is 25.2 Å². The van der Waals surface area contributed by atoms with Gasteiger partial charge in [-0.25, -0.2) is 0 Å². The fourth-order valence-electron chi connectivity index (χ4n) is 1.95. The molecule has 1 N–H and O–H groups in total. The van der Waals surface area contributed by atoms with E-state index < -0.39 is 0 Å². The maximum Gasteiger partial charge on any atom is 0.0766 e. The van der Waals surface area contributed by atoms with E-state index in [0.717, 1.165) is 29.6 Å². The lowest BCUT2D eigenvalue weighted by Crippen LogP contribution is -2.35. The van der Waals surface area contributed by atoms with Crippen LogP contribution in [0.15, 0.2) is 4.47 Å². The molecule has 17 heavy (non-hydrogen) atoms. The fraction of sp³-hybridized carbons (Fsp3) is 0.750. The normalized spacial score (nSPS) is 13.0. The molecule has 1 unspecified atom stereocenters. The molecule has 5 heteroatoms. The summed E-state index contributed by atoms with van der Waals surface area (Å²) in [5, 5.41) is 7.93. The molecule has 1 heterocycles. The first-order chi connectivity index (χ1) is 8.13. The Morgan fingerprint density at radius 1 is 1.47 bits per heavy atom. The average molecular weight is 304 g/mol. The van der Waals surface area contributed by atoms with E-state index in [-0.39, 0.29) is 0 Å². The molecule has 0 bridgehead atoms. The highest BCUT2D eigenvalue weighted by Gasteiger charge is 2.17. The second kappa shape index (κ2) is 7.13. The second-order valence-electron chi connectivity index (χ2n) is 4.10. The summed E-state index contributed by atoms with van der Waals surface area (Å²) >= 11 is 3.64. The first-order valence-electron chi connectivity index (χ1n) is 6.06. The van der Waals surface area contributed by atoms with Crippen molar-refractivity contribution in [1.29, 1.82) is 0 Å². The Balaban J connectivity index is 2.80. The van der Waals surface area contributed by atoms with Crippen LogP contribution in [0, 0.1) is 0 Å². The summed E-state index contributed by atoms with van der Waals surface area (Å²) in [6.45, 7) is 5.89. The largest absolute Gasteiger partial charge is 0.383 e. The van der Waals surface area contributed by atoms with Crippen molar-refractivity contribution < 1.29 is 4.74 Å². The molecule has 0 radical (unpaired) electrons. The number of nitrogens with one attached hydrogen (secondary N) is 1. The number of aromatic nitrogens is 2. The molecule has 0 fully saturated rings. The van der Waals surface area contributed by atoms with Gasteiger partial charge in [-0.2, -0.15) is 5.10 Å². The third-order valence-electron chi connectivity index (χ3n) is 2.80. The number of likely N-dealkylation sites (N-methyl/N-ethyl adjacent to an activating group) is 1. The highest BCUT2D eigenvalue weighted by molar-refractivity contribution is 9.10. The van der Waals surface area contributed by atoms with Gasteiger partial charge >= 0.3 is 0 Å². The van der Waals surface area contributed by atoms with Gasteiger partial charge < -0.3 is 10.1 Å². The topological polar surface area (TPSA) is 39.1 Å². The number of methoxy groups -OCH3 is 1. The van der Waals surface area contributed by atoms with E-state index in [1.54, 1.807) is 7.11 Å². The SMILES string of the molecule is CCNC(COC)Cc1c(Br)c(CC)nn1C. The lowest BCUT2D eigenvalue weighted by Gasteiger charge is -2.17. The van der Waals surface area contributed by atoms with Crippen molar-refractivity contribution in [2.24, 2.45) is 7.05 Å². The third kappa shape index (κ3) is 3.79. The predicted octanol–water partition coefficient (Wildman–Crippen LogP) is 1.91. The number of halogens is 1. The minimum atomic E-state index is 0.335. The molecule has 0 aliphatic rings. The van der Waals surface area contributed by atoms with Gasteiger partial charge in [0, 0.05) is 26.6 Å². The van der Waals surface area contributed by atoms with E-state index in [4.69, 9.17) is 4.74 Å². The van der Waals surface area contributed by atoms with Crippen LogP contribution in [-0.4, -0.2) is 36.1 Å². The smallest absolute Gasteiger partial charge is 0.0766 e. The molecule has 0 amide bonds. The Morgan fingerprint density at radius 2 is 2.18 bits per heavy atom. The zero-order chi connectivity index (χ0) is 12.8. The van der Waals surface area contributed by atoms with Gasteiger partial charge in [-0.15, -0.1) is 0 Å². The Bertz CT molecular complexity index is 346. The molecule has 1 aromatic heterocycles. The van der Waals surface area contributed by atoms with Crippen molar-refractivity contribution >= 4 is 15.9 Å². The van der Waals surface area contributed by atoms with E-state index in [0.29, 0.717) is 12.6 Å². The van der Waals surface area contributed by atoms with Crippen LogP contribution in [0.4, 0.5) is 0 Å². The minimum Gasteiger partial charge on any atom is -0.383 e. The summed E-state index contributed by atoms with van der Waals surface area (Å²) in [5.74, 6) is 0. The number of hydrogen-bond donors (Lipinski definition) is 1. The van der Waals surface area contributed by atoms with Crippen LogP contribution < -0.4 is 5.32 Å². The maximum atomic E-state index is 5.23. The predicted molar refractivity (Wildman–Crippen MR) is 73.3 cm³/mol.